The van der Waals surface area contributed by atoms with Gasteiger partial charge in [-0.05, 0) is 19.1 Å². The maximum Gasteiger partial charge on any atom is 0.285 e. The lowest BCUT2D eigenvalue weighted by Gasteiger charge is -2.02. The highest BCUT2D eigenvalue weighted by atomic mass is 32.2. The van der Waals surface area contributed by atoms with Crippen LogP contribution >= 0.6 is 0 Å². The maximum atomic E-state index is 11.5. The van der Waals surface area contributed by atoms with E-state index in [1.807, 2.05) is 0 Å². The monoisotopic (exact) mass is 224 g/mol. The van der Waals surface area contributed by atoms with E-state index in [2.05, 4.69) is 11.3 Å². The zero-order chi connectivity index (χ0) is 11.5. The third-order valence-corrected chi connectivity index (χ3v) is 2.88. The van der Waals surface area contributed by atoms with Crippen molar-refractivity contribution in [3.63, 3.8) is 0 Å². The Kier molecular flexibility index (Phi) is 3.26. The van der Waals surface area contributed by atoms with Crippen molar-refractivity contribution in [2.75, 3.05) is 0 Å². The first-order valence-corrected chi connectivity index (χ1v) is 5.60. The van der Waals surface area contributed by atoms with Crippen molar-refractivity contribution in [1.29, 1.82) is 0 Å². The molecule has 15 heavy (non-hydrogen) atoms. The van der Waals surface area contributed by atoms with Crippen LogP contribution in [0.5, 0.6) is 0 Å². The topological polar surface area (TPSA) is 65.3 Å². The molecule has 0 saturated carbocycles. The molecule has 79 valence electrons. The highest BCUT2D eigenvalue weighted by Gasteiger charge is 2.19. The number of hydrogen-bond donors (Lipinski definition) is 0. The van der Waals surface area contributed by atoms with Crippen molar-refractivity contribution in [2.45, 2.75) is 11.8 Å². The van der Waals surface area contributed by atoms with Crippen LogP contribution < -0.4 is 4.72 Å². The highest BCUT2D eigenvalue weighted by Crippen LogP contribution is 2.08. The lowest BCUT2D eigenvalue weighted by molar-refractivity contribution is -0.115. The summed E-state index contributed by atoms with van der Waals surface area (Å²) in [7, 11) is -3.89. The number of nitrogens with zero attached hydrogens (tertiary/aromatic N) is 1. The Bertz CT molecular complexity index is 477. The zero-order valence-electron chi connectivity index (χ0n) is 8.17. The largest absolute Gasteiger partial charge is 0.285 e. The molecular weight excluding hydrogens is 214 g/mol. The van der Waals surface area contributed by atoms with Crippen LogP contribution in [0, 0.1) is 0 Å². The molecule has 1 rings (SSSR count). The normalized spacial score (nSPS) is 10.7. The van der Waals surface area contributed by atoms with Crippen molar-refractivity contribution in [3.8, 4) is 0 Å². The molecule has 0 saturated heterocycles. The first-order valence-electron chi connectivity index (χ1n) is 4.16. The van der Waals surface area contributed by atoms with Crippen LogP contribution in [0.25, 0.3) is 0 Å². The molecule has 0 fully saturated rings. The van der Waals surface area contributed by atoms with Gasteiger partial charge >= 0.3 is 0 Å². The Morgan fingerprint density at radius 2 is 1.80 bits per heavy atom. The molecule has 0 aliphatic rings. The minimum atomic E-state index is -3.89. The first kappa shape index (κ1) is 11.5. The Hall–Kier alpha value is -1.62. The van der Waals surface area contributed by atoms with Gasteiger partial charge in [-0.3, -0.25) is 4.79 Å². The van der Waals surface area contributed by atoms with Crippen molar-refractivity contribution in [2.24, 2.45) is 0 Å². The molecule has 1 aromatic carbocycles. The minimum Gasteiger partial charge on any atom is -0.266 e. The van der Waals surface area contributed by atoms with E-state index in [4.69, 9.17) is 0 Å². The van der Waals surface area contributed by atoms with Gasteiger partial charge in [-0.1, -0.05) is 24.8 Å². The second kappa shape index (κ2) is 4.27. The average molecular weight is 224 g/mol. The van der Waals surface area contributed by atoms with Crippen molar-refractivity contribution >= 4 is 15.9 Å². The summed E-state index contributed by atoms with van der Waals surface area (Å²) in [4.78, 5) is 11.1. The third-order valence-electron chi connectivity index (χ3n) is 1.61. The van der Waals surface area contributed by atoms with Gasteiger partial charge in [0.15, 0.2) is 0 Å². The summed E-state index contributed by atoms with van der Waals surface area (Å²) in [6.07, 6.45) is 0. The number of sulfonamides is 1. The maximum absolute atomic E-state index is 11.5. The molecule has 0 N–H and O–H groups in total. The molecule has 0 bridgehead atoms. The fraction of sp³-hybridized carbons (Fsp3) is 0.100. The van der Waals surface area contributed by atoms with E-state index in [1.165, 1.54) is 19.1 Å². The van der Waals surface area contributed by atoms with Gasteiger partial charge in [0.2, 0.25) is 0 Å². The summed E-state index contributed by atoms with van der Waals surface area (Å²) in [6, 6.07) is 7.57. The summed E-state index contributed by atoms with van der Waals surface area (Å²) < 4.78 is 26.1. The quantitative estimate of drug-likeness (QED) is 0.722. The molecule has 1 aromatic rings. The predicted octanol–water partition coefficient (Wildman–Crippen LogP) is 1.08. The summed E-state index contributed by atoms with van der Waals surface area (Å²) >= 11 is 0. The van der Waals surface area contributed by atoms with Crippen LogP contribution in [0.4, 0.5) is 0 Å². The summed E-state index contributed by atoms with van der Waals surface area (Å²) in [5.74, 6) is -0.821. The number of rotatable bonds is 3. The molecule has 0 atom stereocenters. The van der Waals surface area contributed by atoms with E-state index in [9.17, 15) is 13.2 Å². The number of carbonyl (C=O) groups is 1. The standard InChI is InChI=1S/C10H10NO3S/c1-8(2)10(12)11-15(13,14)9-6-4-3-5-7-9/h3-7H,1H2,2H3. The lowest BCUT2D eigenvalue weighted by atomic mass is 10.3. The van der Waals surface area contributed by atoms with E-state index < -0.39 is 15.9 Å². The van der Waals surface area contributed by atoms with Crippen LogP contribution in [-0.2, 0) is 14.8 Å². The zero-order valence-corrected chi connectivity index (χ0v) is 8.99. The second-order valence-corrected chi connectivity index (χ2v) is 4.57. The Labute approximate surface area is 88.7 Å². The van der Waals surface area contributed by atoms with Gasteiger partial charge < -0.3 is 0 Å². The molecule has 4 nitrogen and oxygen atoms in total. The molecule has 0 aliphatic carbocycles. The van der Waals surface area contributed by atoms with Gasteiger partial charge in [-0.25, -0.2) is 0 Å². The van der Waals surface area contributed by atoms with Crippen LogP contribution in [0.1, 0.15) is 6.92 Å². The molecule has 1 amide bonds. The second-order valence-electron chi connectivity index (χ2n) is 2.96. The van der Waals surface area contributed by atoms with Crippen LogP contribution in [0.15, 0.2) is 47.4 Å². The molecule has 0 aromatic heterocycles. The smallest absolute Gasteiger partial charge is 0.266 e. The van der Waals surface area contributed by atoms with Crippen molar-refractivity contribution in [3.05, 3.63) is 42.5 Å². The average Bonchev–Trinajstić information content (AvgIpc) is 2.18. The van der Waals surface area contributed by atoms with Gasteiger partial charge in [0, 0.05) is 5.57 Å². The highest BCUT2D eigenvalue weighted by molar-refractivity contribution is 7.90. The van der Waals surface area contributed by atoms with E-state index in [1.54, 1.807) is 18.2 Å². The molecule has 0 aliphatic heterocycles. The molecular formula is C10H10NO3S. The van der Waals surface area contributed by atoms with Gasteiger partial charge in [-0.15, -0.1) is 4.72 Å². The van der Waals surface area contributed by atoms with Crippen LogP contribution in [-0.4, -0.2) is 14.3 Å². The van der Waals surface area contributed by atoms with Gasteiger partial charge in [0.05, 0.1) is 4.90 Å². The third kappa shape index (κ3) is 2.92. The van der Waals surface area contributed by atoms with Gasteiger partial charge in [-0.2, -0.15) is 8.42 Å². The van der Waals surface area contributed by atoms with E-state index in [0.717, 1.165) is 0 Å². The Morgan fingerprint density at radius 1 is 1.27 bits per heavy atom. The van der Waals surface area contributed by atoms with Crippen LogP contribution in [0.2, 0.25) is 0 Å². The summed E-state index contributed by atoms with van der Waals surface area (Å²) in [5, 5.41) is 0. The fourth-order valence-corrected chi connectivity index (χ4v) is 1.81. The molecule has 0 spiro atoms. The lowest BCUT2D eigenvalue weighted by Crippen LogP contribution is -2.23. The number of benzene rings is 1. The van der Waals surface area contributed by atoms with Crippen molar-refractivity contribution < 1.29 is 13.2 Å². The van der Waals surface area contributed by atoms with E-state index >= 15 is 0 Å². The van der Waals surface area contributed by atoms with Crippen LogP contribution in [0.3, 0.4) is 0 Å². The first-order chi connectivity index (χ1) is 6.93. The predicted molar refractivity (Wildman–Crippen MR) is 55.6 cm³/mol. The summed E-state index contributed by atoms with van der Waals surface area (Å²) in [6.45, 7) is 4.73. The number of hydrogen-bond acceptors (Lipinski definition) is 3. The summed E-state index contributed by atoms with van der Waals surface area (Å²) in [5.41, 5.74) is 0.0921. The van der Waals surface area contributed by atoms with E-state index in [-0.39, 0.29) is 10.5 Å². The fourth-order valence-electron chi connectivity index (χ4n) is 0.832. The van der Waals surface area contributed by atoms with E-state index in [0.29, 0.717) is 0 Å². The number of amides is 1. The Morgan fingerprint density at radius 3 is 2.27 bits per heavy atom. The molecule has 1 radical (unpaired) electrons. The van der Waals surface area contributed by atoms with Gasteiger partial charge in [0.1, 0.15) is 0 Å². The molecule has 0 unspecified atom stereocenters. The Balaban J connectivity index is 2.96. The SMILES string of the molecule is C=C(C)C(=O)[N]S(=O)(=O)c1ccccc1. The van der Waals surface area contributed by atoms with Gasteiger partial charge in [0.25, 0.3) is 15.9 Å². The minimum absolute atomic E-state index is 0.000370. The van der Waals surface area contributed by atoms with Crippen molar-refractivity contribution in [1.82, 2.24) is 4.72 Å². The number of carbonyl (C=O) groups excluding carboxylic acids is 1. The molecule has 5 heteroatoms. The molecule has 0 heterocycles.